The fraction of sp³-hybridized carbons (Fsp3) is 0.440. The van der Waals surface area contributed by atoms with Gasteiger partial charge in [0.15, 0.2) is 0 Å². The lowest BCUT2D eigenvalue weighted by atomic mass is 10.0. The number of anilines is 7. The molecule has 0 bridgehead atoms. The average Bonchev–Trinajstić information content (AvgIpc) is 3.68. The highest BCUT2D eigenvalue weighted by Crippen LogP contribution is 2.34. The van der Waals surface area contributed by atoms with Crippen LogP contribution in [0.25, 0.3) is 10.9 Å². The molecule has 5 aromatic rings. The van der Waals surface area contributed by atoms with Crippen LogP contribution in [0, 0.1) is 5.82 Å². The van der Waals surface area contributed by atoms with Gasteiger partial charge in [-0.15, -0.1) is 0 Å². The largest absolute Gasteiger partial charge is 0.370 e. The molecule has 2 aromatic carbocycles. The summed E-state index contributed by atoms with van der Waals surface area (Å²) in [6.07, 6.45) is 11.6. The van der Waals surface area contributed by atoms with E-state index in [9.17, 15) is 23.6 Å². The predicted octanol–water partition coefficient (Wildman–Crippen LogP) is 6.44. The number of unbranched alkanes of at least 4 members (excludes halogenated alkanes) is 4. The predicted molar refractivity (Wildman–Crippen MR) is 261 cm³/mol. The number of aromatic nitrogens is 4. The monoisotopic (exact) mass is 925 g/mol. The van der Waals surface area contributed by atoms with E-state index in [1.54, 1.807) is 36.5 Å². The number of imide groups is 1. The first kappa shape index (κ1) is 46.3. The zero-order valence-electron chi connectivity index (χ0n) is 38.8. The maximum Gasteiger partial charge on any atom is 0.255 e. The molecule has 4 amide bonds. The first-order chi connectivity index (χ1) is 33.0. The molecule has 9 rings (SSSR count). The molecule has 3 fully saturated rings. The van der Waals surface area contributed by atoms with E-state index >= 15 is 0 Å². The molecular weight excluding hydrogens is 866 g/mol. The summed E-state index contributed by atoms with van der Waals surface area (Å²) >= 11 is 0. The van der Waals surface area contributed by atoms with Gasteiger partial charge >= 0.3 is 0 Å². The number of halogens is 1. The van der Waals surface area contributed by atoms with Crippen molar-refractivity contribution < 1.29 is 23.6 Å². The minimum Gasteiger partial charge on any atom is -0.370 e. The van der Waals surface area contributed by atoms with E-state index in [0.717, 1.165) is 108 Å². The molecule has 356 valence electrons. The van der Waals surface area contributed by atoms with E-state index in [4.69, 9.17) is 19.9 Å². The molecule has 3 aromatic heterocycles. The van der Waals surface area contributed by atoms with E-state index in [1.165, 1.54) is 17.0 Å². The van der Waals surface area contributed by atoms with Gasteiger partial charge in [-0.1, -0.05) is 25.3 Å². The van der Waals surface area contributed by atoms with Crippen molar-refractivity contribution in [2.24, 2.45) is 0 Å². The molecule has 0 aliphatic carbocycles. The molecule has 68 heavy (non-hydrogen) atoms. The number of rotatable bonds is 17. The van der Waals surface area contributed by atoms with E-state index in [1.807, 2.05) is 18.3 Å². The number of carbonyl (C=O) groups is 4. The first-order valence-corrected chi connectivity index (χ1v) is 23.9. The number of carbonyl (C=O) groups excluding carboxylic acids is 4. The Morgan fingerprint density at radius 3 is 2.32 bits per heavy atom. The van der Waals surface area contributed by atoms with Crippen molar-refractivity contribution in [2.45, 2.75) is 82.8 Å². The molecule has 0 saturated carbocycles. The van der Waals surface area contributed by atoms with E-state index in [-0.39, 0.29) is 42.9 Å². The maximum atomic E-state index is 13.7. The standard InChI is InChI=1S/C50H60FN13O4/c1-60(2)35-20-23-62(24-21-35)36-16-18-43(52-30-36)57-44-29-38-41(31-53-44)56-50(54-34-14-12-33(51)13-15-34)59-47(38)63-27-25-61(26-28-63)22-7-5-3-4-6-11-45(65)55-40-10-8-9-37-39(40)32-64(49(37)68)42-17-19-46(66)58-48(42)67/h8-10,12-16,18,29-31,35,42H,3-7,11,17,19-28,32H2,1-2H3,(H,55,65)(H,52,53,57)(H,54,56,59)(H,58,66,67). The first-order valence-electron chi connectivity index (χ1n) is 23.9. The summed E-state index contributed by atoms with van der Waals surface area (Å²) in [5.41, 5.74) is 4.25. The Bertz CT molecular complexity index is 2620. The second-order valence-corrected chi connectivity index (χ2v) is 18.4. The third kappa shape index (κ3) is 11.0. The van der Waals surface area contributed by atoms with Crippen LogP contribution in [-0.2, 0) is 20.9 Å². The number of hydrogen-bond donors (Lipinski definition) is 4. The SMILES string of the molecule is CN(C)C1CCN(c2ccc(Nc3cc4c(N5CCN(CCCCCCCC(=O)Nc6cccc7c6CN(C6CCC(=O)NC6=O)C7=O)CC5)nc(Nc5ccc(F)cc5)nc4cn3)nc2)CC1. The lowest BCUT2D eigenvalue weighted by Gasteiger charge is -2.36. The number of piperidine rings is 2. The lowest BCUT2D eigenvalue weighted by molar-refractivity contribution is -0.137. The summed E-state index contributed by atoms with van der Waals surface area (Å²) in [7, 11) is 4.30. The summed E-state index contributed by atoms with van der Waals surface area (Å²) in [5.74, 6) is 1.09. The van der Waals surface area contributed by atoms with Gasteiger partial charge in [-0.25, -0.2) is 19.3 Å². The smallest absolute Gasteiger partial charge is 0.255 e. The van der Waals surface area contributed by atoms with Crippen LogP contribution in [-0.4, -0.2) is 130 Å². The van der Waals surface area contributed by atoms with Crippen molar-refractivity contribution in [1.82, 2.24) is 40.0 Å². The molecule has 4 N–H and O–H groups in total. The highest BCUT2D eigenvalue weighted by Gasteiger charge is 2.40. The number of nitrogens with zero attached hydrogens (tertiary/aromatic N) is 9. The van der Waals surface area contributed by atoms with Gasteiger partial charge in [0.2, 0.25) is 23.7 Å². The van der Waals surface area contributed by atoms with Gasteiger partial charge in [0, 0.05) is 92.6 Å². The third-order valence-electron chi connectivity index (χ3n) is 13.6. The molecule has 0 radical (unpaired) electrons. The molecule has 0 spiro atoms. The fourth-order valence-corrected chi connectivity index (χ4v) is 9.71. The van der Waals surface area contributed by atoms with Gasteiger partial charge in [0.25, 0.3) is 5.91 Å². The van der Waals surface area contributed by atoms with Crippen LogP contribution in [0.3, 0.4) is 0 Å². The highest BCUT2D eigenvalue weighted by atomic mass is 19.1. The summed E-state index contributed by atoms with van der Waals surface area (Å²) in [6.45, 7) is 6.54. The van der Waals surface area contributed by atoms with Crippen molar-refractivity contribution in [3.05, 3.63) is 90.0 Å². The molecule has 4 aliphatic rings. The van der Waals surface area contributed by atoms with Gasteiger partial charge in [-0.05, 0) is 107 Å². The van der Waals surface area contributed by atoms with Crippen LogP contribution in [0.4, 0.5) is 44.9 Å². The average molecular weight is 926 g/mol. The quantitative estimate of drug-likeness (QED) is 0.0591. The number of hydrogen-bond acceptors (Lipinski definition) is 14. The molecule has 1 atom stereocenters. The molecule has 17 nitrogen and oxygen atoms in total. The number of pyridine rings is 2. The molecule has 1 unspecified atom stereocenters. The Balaban J connectivity index is 0.749. The highest BCUT2D eigenvalue weighted by molar-refractivity contribution is 6.07. The molecule has 7 heterocycles. The number of nitrogens with one attached hydrogen (secondary N) is 4. The Labute approximate surface area is 395 Å². The Morgan fingerprint density at radius 1 is 0.809 bits per heavy atom. The number of benzene rings is 2. The summed E-state index contributed by atoms with van der Waals surface area (Å²) in [6, 6.07) is 17.4. The van der Waals surface area contributed by atoms with Crippen LogP contribution in [0.5, 0.6) is 0 Å². The number of amides is 4. The van der Waals surface area contributed by atoms with Crippen molar-refractivity contribution in [3.8, 4) is 0 Å². The van der Waals surface area contributed by atoms with Crippen LogP contribution in [0.15, 0.2) is 73.1 Å². The van der Waals surface area contributed by atoms with Crippen molar-refractivity contribution in [2.75, 3.05) is 85.7 Å². The van der Waals surface area contributed by atoms with Crippen molar-refractivity contribution in [3.63, 3.8) is 0 Å². The van der Waals surface area contributed by atoms with Gasteiger partial charge in [0.05, 0.1) is 23.6 Å². The number of fused-ring (bicyclic) bond motifs is 2. The van der Waals surface area contributed by atoms with Gasteiger partial charge < -0.3 is 35.6 Å². The van der Waals surface area contributed by atoms with Crippen LogP contribution >= 0.6 is 0 Å². The molecule has 3 saturated heterocycles. The fourth-order valence-electron chi connectivity index (χ4n) is 9.71. The minimum absolute atomic E-state index is 0.101. The second kappa shape index (κ2) is 21.0. The van der Waals surface area contributed by atoms with Crippen LogP contribution in [0.2, 0.25) is 0 Å². The van der Waals surface area contributed by atoms with E-state index in [0.29, 0.717) is 58.1 Å². The van der Waals surface area contributed by atoms with Gasteiger partial charge in [0.1, 0.15) is 29.3 Å². The van der Waals surface area contributed by atoms with Gasteiger partial charge in [-0.2, -0.15) is 4.98 Å². The molecular formula is C50H60FN13O4. The lowest BCUT2D eigenvalue weighted by Crippen LogP contribution is -2.52. The third-order valence-corrected chi connectivity index (χ3v) is 13.6. The second-order valence-electron chi connectivity index (χ2n) is 18.4. The zero-order chi connectivity index (χ0) is 47.1. The minimum atomic E-state index is -0.705. The van der Waals surface area contributed by atoms with E-state index in [2.05, 4.69) is 61.0 Å². The Kier molecular flexibility index (Phi) is 14.3. The Hall–Kier alpha value is -6.79. The summed E-state index contributed by atoms with van der Waals surface area (Å²) in [4.78, 5) is 80.6. The van der Waals surface area contributed by atoms with E-state index < -0.39 is 11.9 Å². The van der Waals surface area contributed by atoms with Crippen LogP contribution < -0.4 is 31.1 Å². The zero-order valence-corrected chi connectivity index (χ0v) is 38.8. The summed E-state index contributed by atoms with van der Waals surface area (Å²) < 4.78 is 13.7. The topological polar surface area (TPSA) is 184 Å². The van der Waals surface area contributed by atoms with Crippen LogP contribution in [0.1, 0.15) is 80.1 Å². The molecule has 18 heteroatoms. The van der Waals surface area contributed by atoms with Gasteiger partial charge in [-0.3, -0.25) is 29.4 Å². The van der Waals surface area contributed by atoms with Crippen molar-refractivity contribution in [1.29, 1.82) is 0 Å². The normalized spacial score (nSPS) is 18.0. The molecule has 4 aliphatic heterocycles. The van der Waals surface area contributed by atoms with Crippen molar-refractivity contribution >= 4 is 75.0 Å². The summed E-state index contributed by atoms with van der Waals surface area (Å²) in [5, 5.41) is 12.8. The Morgan fingerprint density at radius 2 is 1.57 bits per heavy atom. The number of piperazine rings is 1. The maximum absolute atomic E-state index is 13.7.